The van der Waals surface area contributed by atoms with E-state index in [1.54, 1.807) is 120 Å². The average Bonchev–Trinajstić information content (AvgIpc) is 2.95. The largest absolute Gasteiger partial charge is 0.514 e. The van der Waals surface area contributed by atoms with Crippen molar-refractivity contribution in [3.05, 3.63) is 109 Å². The number of hydrogen-bond donors (Lipinski definition) is 0. The fourth-order valence-corrected chi connectivity index (χ4v) is 9.45. The quantitative estimate of drug-likeness (QED) is 0.134. The van der Waals surface area contributed by atoms with Crippen LogP contribution in [0.4, 0.5) is 9.59 Å². The van der Waals surface area contributed by atoms with E-state index in [0.29, 0.717) is 14.7 Å². The lowest BCUT2D eigenvalue weighted by Gasteiger charge is -2.39. The van der Waals surface area contributed by atoms with Crippen LogP contribution in [0.15, 0.2) is 123 Å². The van der Waals surface area contributed by atoms with Crippen LogP contribution in [0.25, 0.3) is 0 Å². The highest BCUT2D eigenvalue weighted by molar-refractivity contribution is 8.33. The van der Waals surface area contributed by atoms with E-state index in [4.69, 9.17) is 22.6 Å². The molecule has 0 aliphatic carbocycles. The van der Waals surface area contributed by atoms with E-state index in [2.05, 4.69) is 0 Å². The smallest absolute Gasteiger partial charge is 0.428 e. The fraction of sp³-hybridized carbons (Fsp3) is 0.257. The topological polar surface area (TPSA) is 114 Å². The van der Waals surface area contributed by atoms with Crippen molar-refractivity contribution in [3.8, 4) is 11.5 Å². The molecule has 0 aromatic heterocycles. The molecule has 0 aliphatic heterocycles. The van der Waals surface area contributed by atoms with Crippen molar-refractivity contribution >= 4 is 32.7 Å². The van der Waals surface area contributed by atoms with Crippen LogP contribution in [0, 0.1) is 6.92 Å². The minimum Gasteiger partial charge on any atom is -0.428 e. The van der Waals surface area contributed by atoms with Crippen molar-refractivity contribution in [1.82, 2.24) is 0 Å². The van der Waals surface area contributed by atoms with Crippen molar-refractivity contribution in [3.63, 3.8) is 0 Å². The Hall–Kier alpha value is -4.32. The molecule has 244 valence electrons. The van der Waals surface area contributed by atoms with Gasteiger partial charge < -0.3 is 18.9 Å². The van der Waals surface area contributed by atoms with E-state index in [1.165, 1.54) is 24.3 Å². The molecule has 9 nitrogen and oxygen atoms in total. The van der Waals surface area contributed by atoms with Crippen LogP contribution in [0.2, 0.25) is 0 Å². The Kier molecular flexibility index (Phi) is 10.2. The van der Waals surface area contributed by atoms with Crippen LogP contribution >= 0.6 is 10.3 Å². The summed E-state index contributed by atoms with van der Waals surface area (Å²) in [5.74, 6) is 0.217. The van der Waals surface area contributed by atoms with Gasteiger partial charge in [0, 0.05) is 14.7 Å². The lowest BCUT2D eigenvalue weighted by atomic mass is 10.2. The first-order valence-electron chi connectivity index (χ1n) is 14.4. The molecule has 0 heterocycles. The second-order valence-electron chi connectivity index (χ2n) is 12.3. The summed E-state index contributed by atoms with van der Waals surface area (Å²) in [5, 5.41) is 0. The molecule has 0 spiro atoms. The molecule has 0 aliphatic rings. The molecule has 4 aromatic rings. The lowest BCUT2D eigenvalue weighted by molar-refractivity contribution is 0.0192. The summed E-state index contributed by atoms with van der Waals surface area (Å²) in [6.07, 6.45) is -1.85. The monoisotopic (exact) mass is 666 g/mol. The van der Waals surface area contributed by atoms with Gasteiger partial charge in [0.05, 0.1) is 4.90 Å². The van der Waals surface area contributed by atoms with E-state index in [1.807, 2.05) is 6.92 Å². The highest BCUT2D eigenvalue weighted by atomic mass is 32.3. The number of rotatable bonds is 8. The van der Waals surface area contributed by atoms with Crippen molar-refractivity contribution in [2.24, 2.45) is 0 Å². The highest BCUT2D eigenvalue weighted by Crippen LogP contribution is 2.71. The zero-order chi connectivity index (χ0) is 33.8. The first-order valence-corrected chi connectivity index (χ1v) is 17.4. The molecule has 46 heavy (non-hydrogen) atoms. The standard InChI is InChI=1S/C35H38O9S2/c1-25-19-21-29(22-20-25)46(38,39)44-45(28-15-9-8-10-16-28,30-17-11-13-26(23-30)40-32(36)42-34(2,3)4)31-18-12-14-27(24-31)41-33(37)43-35(5,6)7/h8-24H,1-7H3. The molecule has 0 bridgehead atoms. The van der Waals surface area contributed by atoms with Gasteiger partial charge in [-0.1, -0.05) is 48.0 Å². The molecule has 4 aromatic carbocycles. The maximum atomic E-state index is 14.1. The third-order valence-corrected chi connectivity index (χ3v) is 11.2. The van der Waals surface area contributed by atoms with Crippen LogP contribution in [0.5, 0.6) is 11.5 Å². The summed E-state index contributed by atoms with van der Waals surface area (Å²) in [6.45, 7) is 12.1. The molecule has 11 heteroatoms. The summed E-state index contributed by atoms with van der Waals surface area (Å²) in [5.41, 5.74) is -0.722. The Morgan fingerprint density at radius 3 is 1.41 bits per heavy atom. The SMILES string of the molecule is Cc1ccc(S(=O)(=O)OS(c2ccccc2)(c2cccc(OC(=O)OC(C)(C)C)c2)c2cccc(OC(=O)OC(C)(C)C)c2)cc1. The second kappa shape index (κ2) is 13.6. The van der Waals surface area contributed by atoms with Gasteiger partial charge in [0.2, 0.25) is 0 Å². The number of carbonyl (C=O) groups is 2. The van der Waals surface area contributed by atoms with Crippen LogP contribution in [-0.2, 0) is 23.2 Å². The van der Waals surface area contributed by atoms with Gasteiger partial charge in [-0.25, -0.2) is 13.2 Å². The zero-order valence-corrected chi connectivity index (χ0v) is 28.4. The Morgan fingerprint density at radius 2 is 0.978 bits per heavy atom. The predicted molar refractivity (Wildman–Crippen MR) is 175 cm³/mol. The Labute approximate surface area is 272 Å². The summed E-state index contributed by atoms with van der Waals surface area (Å²) in [7, 11) is -7.61. The van der Waals surface area contributed by atoms with Crippen LogP contribution in [0.1, 0.15) is 47.1 Å². The minimum atomic E-state index is -4.43. The first-order chi connectivity index (χ1) is 21.5. The maximum absolute atomic E-state index is 14.1. The molecule has 0 saturated carbocycles. The van der Waals surface area contributed by atoms with E-state index >= 15 is 0 Å². The summed E-state index contributed by atoms with van der Waals surface area (Å²) >= 11 is 0. The first kappa shape index (κ1) is 34.6. The predicted octanol–water partition coefficient (Wildman–Crippen LogP) is 9.23. The van der Waals surface area contributed by atoms with Gasteiger partial charge >= 0.3 is 22.4 Å². The summed E-state index contributed by atoms with van der Waals surface area (Å²) in [6, 6.07) is 28.0. The normalized spacial score (nSPS) is 12.6. The average molecular weight is 667 g/mol. The number of carbonyl (C=O) groups excluding carboxylic acids is 2. The van der Waals surface area contributed by atoms with Gasteiger partial charge in [-0.05, 0) is 119 Å². The zero-order valence-electron chi connectivity index (χ0n) is 26.8. The Morgan fingerprint density at radius 1 is 0.543 bits per heavy atom. The Balaban J connectivity index is 1.94. The number of aryl methyl sites for hydroxylation is 1. The van der Waals surface area contributed by atoms with Gasteiger partial charge in [-0.3, -0.25) is 0 Å². The third kappa shape index (κ3) is 8.90. The lowest BCUT2D eigenvalue weighted by Crippen LogP contribution is -2.26. The van der Waals surface area contributed by atoms with Crippen molar-refractivity contribution < 1.29 is 40.6 Å². The number of hydrogen-bond acceptors (Lipinski definition) is 9. The van der Waals surface area contributed by atoms with Crippen molar-refractivity contribution in [1.29, 1.82) is 0 Å². The van der Waals surface area contributed by atoms with Gasteiger partial charge in [0.25, 0.3) is 0 Å². The van der Waals surface area contributed by atoms with Gasteiger partial charge in [0.15, 0.2) is 0 Å². The van der Waals surface area contributed by atoms with Crippen molar-refractivity contribution in [2.45, 2.75) is 79.3 Å². The molecule has 0 fully saturated rings. The molecule has 0 N–H and O–H groups in total. The van der Waals surface area contributed by atoms with Crippen LogP contribution in [-0.4, -0.2) is 31.9 Å². The second-order valence-corrected chi connectivity index (χ2v) is 16.7. The molecule has 0 saturated heterocycles. The van der Waals surface area contributed by atoms with E-state index < -0.39 is 43.9 Å². The van der Waals surface area contributed by atoms with Gasteiger partial charge in [-0.15, -0.1) is 0 Å². The minimum absolute atomic E-state index is 0.0479. The number of benzene rings is 4. The van der Waals surface area contributed by atoms with Gasteiger partial charge in [-0.2, -0.15) is 8.42 Å². The van der Waals surface area contributed by atoms with E-state index in [0.717, 1.165) is 5.56 Å². The number of ether oxygens (including phenoxy) is 4. The van der Waals surface area contributed by atoms with Crippen molar-refractivity contribution in [2.75, 3.05) is 0 Å². The molecular weight excluding hydrogens is 629 g/mol. The Bertz CT molecular complexity index is 1710. The molecule has 4 rings (SSSR count). The van der Waals surface area contributed by atoms with Crippen LogP contribution < -0.4 is 9.47 Å². The molecule has 0 unspecified atom stereocenters. The molecular formula is C35H38O9S2. The summed E-state index contributed by atoms with van der Waals surface area (Å²) in [4.78, 5) is 26.4. The molecule has 0 radical (unpaired) electrons. The van der Waals surface area contributed by atoms with E-state index in [-0.39, 0.29) is 16.4 Å². The third-order valence-electron chi connectivity index (χ3n) is 6.03. The van der Waals surface area contributed by atoms with Crippen LogP contribution in [0.3, 0.4) is 0 Å². The fourth-order valence-electron chi connectivity index (χ4n) is 4.18. The molecule has 0 atom stereocenters. The molecule has 0 amide bonds. The van der Waals surface area contributed by atoms with Gasteiger partial charge in [0.1, 0.15) is 22.7 Å². The highest BCUT2D eigenvalue weighted by Gasteiger charge is 2.39. The summed E-state index contributed by atoms with van der Waals surface area (Å²) < 4.78 is 56.3. The maximum Gasteiger partial charge on any atom is 0.514 e. The van der Waals surface area contributed by atoms with E-state index in [9.17, 15) is 18.0 Å².